The summed E-state index contributed by atoms with van der Waals surface area (Å²) in [4.78, 5) is 20.1. The van der Waals surface area contributed by atoms with Crippen LogP contribution < -0.4 is 4.90 Å². The Morgan fingerprint density at radius 3 is 3.05 bits per heavy atom. The van der Waals surface area contributed by atoms with Gasteiger partial charge in [0.2, 0.25) is 0 Å². The van der Waals surface area contributed by atoms with Gasteiger partial charge in [0.1, 0.15) is 0 Å². The summed E-state index contributed by atoms with van der Waals surface area (Å²) in [6.07, 6.45) is 0. The van der Waals surface area contributed by atoms with Crippen molar-refractivity contribution in [3.63, 3.8) is 0 Å². The van der Waals surface area contributed by atoms with Crippen LogP contribution in [0.1, 0.15) is 10.4 Å². The normalized spacial score (nSPS) is 14.2. The van der Waals surface area contributed by atoms with Crippen molar-refractivity contribution in [2.75, 3.05) is 17.2 Å². The molecule has 3 aromatic rings. The van der Waals surface area contributed by atoms with E-state index >= 15 is 0 Å². The quantitative estimate of drug-likeness (QED) is 0.679. The van der Waals surface area contributed by atoms with Gasteiger partial charge in [-0.3, -0.25) is 4.79 Å². The van der Waals surface area contributed by atoms with Crippen LogP contribution in [0, 0.1) is 0 Å². The summed E-state index contributed by atoms with van der Waals surface area (Å²) < 4.78 is 1.06. The molecule has 0 unspecified atom stereocenters. The molecule has 0 aliphatic carbocycles. The Morgan fingerprint density at radius 1 is 1.19 bits per heavy atom. The van der Waals surface area contributed by atoms with E-state index in [1.165, 1.54) is 4.90 Å². The minimum Gasteiger partial charge on any atom is -0.306 e. The molecule has 5 heteroatoms. The predicted molar refractivity (Wildman–Crippen MR) is 88.5 cm³/mol. The van der Waals surface area contributed by atoms with Gasteiger partial charge >= 0.3 is 0 Å². The van der Waals surface area contributed by atoms with Gasteiger partial charge < -0.3 is 4.90 Å². The number of thiazole rings is 1. The van der Waals surface area contributed by atoms with Gasteiger partial charge in [0.25, 0.3) is 5.91 Å². The van der Waals surface area contributed by atoms with Crippen molar-refractivity contribution in [2.45, 2.75) is 4.90 Å². The van der Waals surface area contributed by atoms with Crippen LogP contribution in [0.5, 0.6) is 0 Å². The number of aromatic nitrogens is 1. The van der Waals surface area contributed by atoms with E-state index < -0.39 is 0 Å². The summed E-state index contributed by atoms with van der Waals surface area (Å²) in [6, 6.07) is 13.8. The van der Waals surface area contributed by atoms with Gasteiger partial charge in [0.15, 0.2) is 0 Å². The number of amides is 1. The Labute approximate surface area is 130 Å². The third-order valence-electron chi connectivity index (χ3n) is 3.55. The molecule has 3 nitrogen and oxygen atoms in total. The van der Waals surface area contributed by atoms with Crippen LogP contribution in [0.4, 0.5) is 5.69 Å². The fraction of sp³-hybridized carbons (Fsp3) is 0.125. The van der Waals surface area contributed by atoms with Crippen molar-refractivity contribution < 1.29 is 4.79 Å². The highest BCUT2D eigenvalue weighted by atomic mass is 32.2. The maximum Gasteiger partial charge on any atom is 0.258 e. The molecule has 2 heterocycles. The largest absolute Gasteiger partial charge is 0.306 e. The average Bonchev–Trinajstić information content (AvgIpc) is 3.01. The number of nitrogens with zero attached hydrogens (tertiary/aromatic N) is 2. The first kappa shape index (κ1) is 12.9. The van der Waals surface area contributed by atoms with Crippen LogP contribution >= 0.6 is 23.1 Å². The Balaban J connectivity index is 1.75. The van der Waals surface area contributed by atoms with E-state index in [2.05, 4.69) is 11.1 Å². The first-order valence-corrected chi connectivity index (χ1v) is 8.56. The summed E-state index contributed by atoms with van der Waals surface area (Å²) in [7, 11) is 0. The third kappa shape index (κ3) is 2.22. The van der Waals surface area contributed by atoms with Crippen molar-refractivity contribution in [3.05, 3.63) is 53.5 Å². The maximum absolute atomic E-state index is 12.8. The summed E-state index contributed by atoms with van der Waals surface area (Å²) in [6.45, 7) is 0.751. The highest BCUT2D eigenvalue weighted by Gasteiger charge is 2.23. The Morgan fingerprint density at radius 2 is 2.10 bits per heavy atom. The maximum atomic E-state index is 12.8. The fourth-order valence-electron chi connectivity index (χ4n) is 2.52. The highest BCUT2D eigenvalue weighted by molar-refractivity contribution is 7.99. The Bertz CT molecular complexity index is 828. The smallest absolute Gasteiger partial charge is 0.258 e. The summed E-state index contributed by atoms with van der Waals surface area (Å²) in [5, 5.41) is 0. The molecular formula is C16H12N2OS2. The molecule has 0 radical (unpaired) electrons. The average molecular weight is 312 g/mol. The molecule has 1 aliphatic rings. The Hall–Kier alpha value is -1.85. The lowest BCUT2D eigenvalue weighted by molar-refractivity contribution is 0.0988. The summed E-state index contributed by atoms with van der Waals surface area (Å²) in [5.41, 5.74) is 4.51. The van der Waals surface area contributed by atoms with Gasteiger partial charge in [-0.2, -0.15) is 0 Å². The van der Waals surface area contributed by atoms with Crippen molar-refractivity contribution in [3.8, 4) is 0 Å². The first-order valence-electron chi connectivity index (χ1n) is 6.70. The number of thioether (sulfide) groups is 1. The predicted octanol–water partition coefficient (Wildman–Crippen LogP) is 4.05. The molecule has 1 aliphatic heterocycles. The standard InChI is InChI=1S/C16H12N2OS2/c19-16(11-5-6-12-15(9-11)21-10-17-12)18-7-8-20-14-4-2-1-3-13(14)18/h1-6,9-10H,7-8H2. The molecule has 0 N–H and O–H groups in total. The number of fused-ring (bicyclic) bond motifs is 2. The molecule has 0 fully saturated rings. The van der Waals surface area contributed by atoms with Crippen LogP contribution in [0.2, 0.25) is 0 Å². The van der Waals surface area contributed by atoms with Crippen LogP contribution in [-0.4, -0.2) is 23.2 Å². The molecule has 0 spiro atoms. The number of benzene rings is 2. The van der Waals surface area contributed by atoms with Gasteiger partial charge in [0.05, 0.1) is 21.4 Å². The molecule has 0 bridgehead atoms. The SMILES string of the molecule is O=C(c1ccc2ncsc2c1)N1CCSc2ccccc21. The van der Waals surface area contributed by atoms with E-state index in [0.29, 0.717) is 0 Å². The molecule has 4 rings (SSSR count). The summed E-state index contributed by atoms with van der Waals surface area (Å²) >= 11 is 3.37. The molecular weight excluding hydrogens is 300 g/mol. The van der Waals surface area contributed by atoms with Crippen LogP contribution in [-0.2, 0) is 0 Å². The number of anilines is 1. The molecule has 1 amide bonds. The van der Waals surface area contributed by atoms with Crippen LogP contribution in [0.15, 0.2) is 52.9 Å². The lowest BCUT2D eigenvalue weighted by Crippen LogP contribution is -2.35. The minimum atomic E-state index is 0.0676. The van der Waals surface area contributed by atoms with Gasteiger partial charge in [-0.15, -0.1) is 23.1 Å². The van der Waals surface area contributed by atoms with Crippen LogP contribution in [0.25, 0.3) is 10.2 Å². The van der Waals surface area contributed by atoms with E-state index in [1.807, 2.05) is 58.6 Å². The van der Waals surface area contributed by atoms with Crippen molar-refractivity contribution in [1.29, 1.82) is 0 Å². The van der Waals surface area contributed by atoms with E-state index in [1.54, 1.807) is 11.3 Å². The number of carbonyl (C=O) groups excluding carboxylic acids is 1. The third-order valence-corrected chi connectivity index (χ3v) is 5.39. The van der Waals surface area contributed by atoms with E-state index in [9.17, 15) is 4.79 Å². The molecule has 0 atom stereocenters. The first-order chi connectivity index (χ1) is 10.3. The van der Waals surface area contributed by atoms with E-state index in [-0.39, 0.29) is 5.91 Å². The van der Waals surface area contributed by atoms with Gasteiger partial charge in [-0.1, -0.05) is 12.1 Å². The van der Waals surface area contributed by atoms with Crippen LogP contribution in [0.3, 0.4) is 0 Å². The monoisotopic (exact) mass is 312 g/mol. The minimum absolute atomic E-state index is 0.0676. The second-order valence-electron chi connectivity index (χ2n) is 4.81. The molecule has 2 aromatic carbocycles. The zero-order valence-corrected chi connectivity index (χ0v) is 12.8. The van der Waals surface area contributed by atoms with Gasteiger partial charge in [0, 0.05) is 22.8 Å². The molecule has 21 heavy (non-hydrogen) atoms. The number of para-hydroxylation sites is 1. The zero-order chi connectivity index (χ0) is 14.2. The van der Waals surface area contributed by atoms with Gasteiger partial charge in [-0.05, 0) is 30.3 Å². The number of hydrogen-bond donors (Lipinski definition) is 0. The topological polar surface area (TPSA) is 33.2 Å². The van der Waals surface area contributed by atoms with Crippen molar-refractivity contribution in [1.82, 2.24) is 4.98 Å². The second-order valence-corrected chi connectivity index (χ2v) is 6.83. The van der Waals surface area contributed by atoms with E-state index in [4.69, 9.17) is 0 Å². The Kier molecular flexibility index (Phi) is 3.16. The highest BCUT2D eigenvalue weighted by Crippen LogP contribution is 2.35. The van der Waals surface area contributed by atoms with Gasteiger partial charge in [-0.25, -0.2) is 4.98 Å². The summed E-state index contributed by atoms with van der Waals surface area (Å²) in [5.74, 6) is 1.00. The zero-order valence-electron chi connectivity index (χ0n) is 11.2. The van der Waals surface area contributed by atoms with E-state index in [0.717, 1.165) is 33.8 Å². The van der Waals surface area contributed by atoms with Crippen molar-refractivity contribution in [2.24, 2.45) is 0 Å². The number of carbonyl (C=O) groups is 1. The second kappa shape index (κ2) is 5.16. The lowest BCUT2D eigenvalue weighted by atomic mass is 10.1. The number of rotatable bonds is 1. The molecule has 104 valence electrons. The lowest BCUT2D eigenvalue weighted by Gasteiger charge is -2.29. The molecule has 1 aromatic heterocycles. The fourth-order valence-corrected chi connectivity index (χ4v) is 4.24. The molecule has 0 saturated heterocycles. The molecule has 0 saturated carbocycles. The number of hydrogen-bond acceptors (Lipinski definition) is 4. The van der Waals surface area contributed by atoms with Crippen molar-refractivity contribution >= 4 is 44.9 Å².